The van der Waals surface area contributed by atoms with Crippen molar-refractivity contribution in [3.63, 3.8) is 0 Å². The molecular formula is C26H38F3N3O5S. The summed E-state index contributed by atoms with van der Waals surface area (Å²) in [6.07, 6.45) is -3.68. The van der Waals surface area contributed by atoms with E-state index in [0.29, 0.717) is 25.3 Å². The third-order valence-electron chi connectivity index (χ3n) is 6.77. The number of ether oxygens (including phenoxy) is 1. The molecule has 1 saturated heterocycles. The van der Waals surface area contributed by atoms with Crippen molar-refractivity contribution < 1.29 is 35.9 Å². The lowest BCUT2D eigenvalue weighted by Crippen LogP contribution is -2.52. The highest BCUT2D eigenvalue weighted by molar-refractivity contribution is 7.89. The molecule has 0 aromatic heterocycles. The Morgan fingerprint density at radius 3 is 2.32 bits per heavy atom. The number of nitrogens with zero attached hydrogens (tertiary/aromatic N) is 1. The Morgan fingerprint density at radius 2 is 1.74 bits per heavy atom. The van der Waals surface area contributed by atoms with Crippen LogP contribution in [0.1, 0.15) is 66.4 Å². The largest absolute Gasteiger partial charge is 0.444 e. The molecule has 2 amide bonds. The standard InChI is InChI=1S/C26H38F3N3O5S/c1-24(2,3)13-21(31-23(34)37-25(4,5)6)22(33)30-20-11-10-16-14-32(15-19(16)20)38(35,36)18-9-7-8-17(12-18)26(27,28)29/h7-9,12,16,19-21H,10-11,13-15H2,1-6H3,(H,30,33)(H,31,34)/t16-,19+,20+,21+/m1/s1. The topological polar surface area (TPSA) is 105 Å². The molecule has 1 aromatic carbocycles. The van der Waals surface area contributed by atoms with E-state index in [1.165, 1.54) is 4.31 Å². The summed E-state index contributed by atoms with van der Waals surface area (Å²) in [7, 11) is -4.14. The maximum atomic E-state index is 13.3. The zero-order valence-corrected chi connectivity index (χ0v) is 23.5. The van der Waals surface area contributed by atoms with Crippen molar-refractivity contribution >= 4 is 22.0 Å². The molecule has 0 bridgehead atoms. The van der Waals surface area contributed by atoms with Crippen molar-refractivity contribution in [2.45, 2.75) is 89.6 Å². The van der Waals surface area contributed by atoms with Gasteiger partial charge in [0.2, 0.25) is 15.9 Å². The molecule has 8 nitrogen and oxygen atoms in total. The van der Waals surface area contributed by atoms with Gasteiger partial charge in [-0.05, 0) is 75.5 Å². The summed E-state index contributed by atoms with van der Waals surface area (Å²) in [5.41, 5.74) is -2.03. The Morgan fingerprint density at radius 1 is 1.08 bits per heavy atom. The van der Waals surface area contributed by atoms with Gasteiger partial charge in [0.25, 0.3) is 0 Å². The summed E-state index contributed by atoms with van der Waals surface area (Å²) in [6, 6.07) is 2.57. The molecule has 12 heteroatoms. The Balaban J connectivity index is 1.71. The SMILES string of the molecule is CC(C)(C)C[C@H](NC(=O)OC(C)(C)C)C(=O)N[C@H]1CC[C@@H]2CN(S(=O)(=O)c3cccc(C(F)(F)F)c3)C[C@@H]21. The van der Waals surface area contributed by atoms with Gasteiger partial charge in [-0.3, -0.25) is 4.79 Å². The van der Waals surface area contributed by atoms with Crippen LogP contribution in [-0.2, 0) is 25.7 Å². The summed E-state index contributed by atoms with van der Waals surface area (Å²) in [5.74, 6) is -0.590. The molecule has 2 fully saturated rings. The maximum Gasteiger partial charge on any atom is 0.416 e. The van der Waals surface area contributed by atoms with E-state index in [0.717, 1.165) is 18.2 Å². The molecule has 1 aromatic rings. The number of nitrogens with one attached hydrogen (secondary N) is 2. The Kier molecular flexibility index (Phi) is 8.48. The van der Waals surface area contributed by atoms with Gasteiger partial charge in [0.1, 0.15) is 11.6 Å². The number of alkyl halides is 3. The number of carbonyl (C=O) groups is 2. The number of halogens is 3. The smallest absolute Gasteiger partial charge is 0.416 e. The molecule has 2 N–H and O–H groups in total. The van der Waals surface area contributed by atoms with Crippen molar-refractivity contribution in [3.05, 3.63) is 29.8 Å². The van der Waals surface area contributed by atoms with Gasteiger partial charge in [0, 0.05) is 19.1 Å². The van der Waals surface area contributed by atoms with Crippen molar-refractivity contribution in [1.82, 2.24) is 14.9 Å². The monoisotopic (exact) mass is 561 g/mol. The molecule has 1 aliphatic carbocycles. The molecule has 0 spiro atoms. The molecule has 1 aliphatic heterocycles. The number of alkyl carbamates (subject to hydrolysis) is 1. The highest BCUT2D eigenvalue weighted by atomic mass is 32.2. The third kappa shape index (κ3) is 7.62. The zero-order chi connectivity index (χ0) is 28.7. The van der Waals surface area contributed by atoms with E-state index in [1.54, 1.807) is 20.8 Å². The van der Waals surface area contributed by atoms with Gasteiger partial charge in [-0.2, -0.15) is 17.5 Å². The summed E-state index contributed by atoms with van der Waals surface area (Å²) >= 11 is 0. The van der Waals surface area contributed by atoms with Crippen LogP contribution in [0.5, 0.6) is 0 Å². The average Bonchev–Trinajstić information content (AvgIpc) is 3.33. The summed E-state index contributed by atoms with van der Waals surface area (Å²) in [6.45, 7) is 11.3. The summed E-state index contributed by atoms with van der Waals surface area (Å²) in [5, 5.41) is 5.67. The molecule has 0 unspecified atom stereocenters. The van der Waals surface area contributed by atoms with Crippen molar-refractivity contribution in [2.75, 3.05) is 13.1 Å². The molecular weight excluding hydrogens is 523 g/mol. The Labute approximate surface area is 222 Å². The second kappa shape index (κ2) is 10.7. The minimum atomic E-state index is -4.65. The van der Waals surface area contributed by atoms with Gasteiger partial charge < -0.3 is 15.4 Å². The Bertz CT molecular complexity index is 1140. The fraction of sp³-hybridized carbons (Fsp3) is 0.692. The number of rotatable bonds is 6. The number of hydrogen-bond acceptors (Lipinski definition) is 5. The highest BCUT2D eigenvalue weighted by Gasteiger charge is 2.47. The second-order valence-electron chi connectivity index (χ2n) is 12.4. The van der Waals surface area contributed by atoms with Crippen LogP contribution in [0.25, 0.3) is 0 Å². The van der Waals surface area contributed by atoms with Crippen LogP contribution in [0.3, 0.4) is 0 Å². The first-order valence-corrected chi connectivity index (χ1v) is 14.2. The fourth-order valence-electron chi connectivity index (χ4n) is 5.14. The minimum Gasteiger partial charge on any atom is -0.444 e. The van der Waals surface area contributed by atoms with E-state index in [2.05, 4.69) is 10.6 Å². The molecule has 4 atom stereocenters. The molecule has 1 heterocycles. The van der Waals surface area contributed by atoms with E-state index >= 15 is 0 Å². The number of benzene rings is 1. The maximum absolute atomic E-state index is 13.3. The van der Waals surface area contributed by atoms with Crippen LogP contribution in [0.2, 0.25) is 0 Å². The molecule has 214 valence electrons. The van der Waals surface area contributed by atoms with E-state index < -0.39 is 44.4 Å². The van der Waals surface area contributed by atoms with Gasteiger partial charge in [-0.1, -0.05) is 26.8 Å². The first-order chi connectivity index (χ1) is 17.3. The number of carbonyl (C=O) groups excluding carboxylic acids is 2. The third-order valence-corrected chi connectivity index (χ3v) is 8.60. The van der Waals surface area contributed by atoms with Crippen molar-refractivity contribution in [1.29, 1.82) is 0 Å². The van der Waals surface area contributed by atoms with Gasteiger partial charge in [-0.15, -0.1) is 0 Å². The van der Waals surface area contributed by atoms with Crippen LogP contribution < -0.4 is 10.6 Å². The van der Waals surface area contributed by atoms with Crippen LogP contribution in [0.15, 0.2) is 29.2 Å². The molecule has 2 aliphatic rings. The minimum absolute atomic E-state index is 0.0271. The van der Waals surface area contributed by atoms with Crippen LogP contribution in [0.4, 0.5) is 18.0 Å². The zero-order valence-electron chi connectivity index (χ0n) is 22.7. The molecule has 38 heavy (non-hydrogen) atoms. The molecule has 1 saturated carbocycles. The van der Waals surface area contributed by atoms with Gasteiger partial charge in [-0.25, -0.2) is 13.2 Å². The lowest BCUT2D eigenvalue weighted by molar-refractivity contribution is -0.137. The number of sulfonamides is 1. The predicted octanol–water partition coefficient (Wildman–Crippen LogP) is 4.55. The number of fused-ring (bicyclic) bond motifs is 1. The molecule has 3 rings (SSSR count). The Hall–Kier alpha value is -2.34. The first kappa shape index (κ1) is 30.2. The lowest BCUT2D eigenvalue weighted by Gasteiger charge is -2.29. The average molecular weight is 562 g/mol. The normalized spacial score (nSPS) is 23.6. The van der Waals surface area contributed by atoms with Gasteiger partial charge in [0.15, 0.2) is 0 Å². The van der Waals surface area contributed by atoms with Gasteiger partial charge in [0.05, 0.1) is 10.5 Å². The summed E-state index contributed by atoms with van der Waals surface area (Å²) in [4.78, 5) is 25.3. The quantitative estimate of drug-likeness (QED) is 0.530. The summed E-state index contributed by atoms with van der Waals surface area (Å²) < 4.78 is 72.3. The lowest BCUT2D eigenvalue weighted by atomic mass is 9.87. The van der Waals surface area contributed by atoms with Crippen molar-refractivity contribution in [3.8, 4) is 0 Å². The first-order valence-electron chi connectivity index (χ1n) is 12.7. The van der Waals surface area contributed by atoms with Crippen LogP contribution >= 0.6 is 0 Å². The number of amides is 2. The van der Waals surface area contributed by atoms with E-state index in [9.17, 15) is 31.2 Å². The van der Waals surface area contributed by atoms with E-state index in [1.807, 2.05) is 20.8 Å². The van der Waals surface area contributed by atoms with E-state index in [-0.39, 0.29) is 42.3 Å². The van der Waals surface area contributed by atoms with Crippen molar-refractivity contribution in [2.24, 2.45) is 17.3 Å². The van der Waals surface area contributed by atoms with Crippen LogP contribution in [0, 0.1) is 17.3 Å². The predicted molar refractivity (Wildman–Crippen MR) is 136 cm³/mol. The molecule has 0 radical (unpaired) electrons. The fourth-order valence-corrected chi connectivity index (χ4v) is 6.72. The van der Waals surface area contributed by atoms with E-state index in [4.69, 9.17) is 4.74 Å². The highest BCUT2D eigenvalue weighted by Crippen LogP contribution is 2.41. The number of hydrogen-bond donors (Lipinski definition) is 2. The van der Waals surface area contributed by atoms with Gasteiger partial charge >= 0.3 is 12.3 Å². The second-order valence-corrected chi connectivity index (χ2v) is 14.4. The van der Waals surface area contributed by atoms with Crippen LogP contribution in [-0.4, -0.2) is 55.5 Å².